The fraction of sp³-hybridized carbons (Fsp3) is 0.571. The van der Waals surface area contributed by atoms with Crippen molar-refractivity contribution in [3.63, 3.8) is 0 Å². The van der Waals surface area contributed by atoms with Crippen molar-refractivity contribution < 1.29 is 13.2 Å². The zero-order valence-electron chi connectivity index (χ0n) is 16.3. The van der Waals surface area contributed by atoms with Crippen LogP contribution in [0.2, 0.25) is 0 Å². The molecule has 1 saturated heterocycles. The molecule has 1 amide bonds. The zero-order chi connectivity index (χ0) is 19.6. The molecular formula is C21H29N3O3S. The maximum Gasteiger partial charge on any atom is 0.243 e. The molecular weight excluding hydrogens is 374 g/mol. The molecule has 2 heterocycles. The first-order valence-corrected chi connectivity index (χ1v) is 11.9. The summed E-state index contributed by atoms with van der Waals surface area (Å²) in [5.74, 6) is 0.0261. The Kier molecular flexibility index (Phi) is 5.73. The number of hydrogen-bond donors (Lipinski definition) is 1. The van der Waals surface area contributed by atoms with E-state index in [-0.39, 0.29) is 18.5 Å². The van der Waals surface area contributed by atoms with Gasteiger partial charge in [-0.15, -0.1) is 0 Å². The number of nitrogens with zero attached hydrogens (tertiary/aromatic N) is 2. The number of amides is 1. The van der Waals surface area contributed by atoms with Gasteiger partial charge in [-0.25, -0.2) is 8.42 Å². The number of aromatic nitrogens is 1. The molecule has 1 aromatic heterocycles. The van der Waals surface area contributed by atoms with Crippen molar-refractivity contribution in [2.45, 2.75) is 68.8 Å². The molecule has 2 aliphatic rings. The van der Waals surface area contributed by atoms with E-state index in [2.05, 4.69) is 5.32 Å². The maximum atomic E-state index is 12.8. The lowest BCUT2D eigenvalue weighted by atomic mass is 10.1. The highest BCUT2D eigenvalue weighted by Gasteiger charge is 2.27. The molecule has 2 aromatic rings. The molecule has 0 atom stereocenters. The van der Waals surface area contributed by atoms with Gasteiger partial charge in [-0.3, -0.25) is 4.79 Å². The summed E-state index contributed by atoms with van der Waals surface area (Å²) in [6.45, 7) is 1.46. The van der Waals surface area contributed by atoms with Crippen LogP contribution in [0.5, 0.6) is 0 Å². The highest BCUT2D eigenvalue weighted by Crippen LogP contribution is 2.25. The van der Waals surface area contributed by atoms with E-state index in [1.54, 1.807) is 16.4 Å². The fourth-order valence-electron chi connectivity index (χ4n) is 4.41. The SMILES string of the molecule is O=C(Cn1ccc2cc(S(=O)(=O)N3CCCC3)ccc21)NC1CCCCCC1. The molecule has 4 rings (SSSR count). The number of rotatable bonds is 5. The number of carbonyl (C=O) groups excluding carboxylic acids is 1. The molecule has 1 aromatic carbocycles. The molecule has 0 radical (unpaired) electrons. The average Bonchev–Trinajstić information content (AvgIpc) is 3.28. The van der Waals surface area contributed by atoms with Crippen LogP contribution in [0.1, 0.15) is 51.4 Å². The van der Waals surface area contributed by atoms with Gasteiger partial charge < -0.3 is 9.88 Å². The van der Waals surface area contributed by atoms with E-state index in [1.807, 2.05) is 22.9 Å². The Bertz CT molecular complexity index is 937. The smallest absolute Gasteiger partial charge is 0.243 e. The third-order valence-corrected chi connectivity index (χ3v) is 7.87. The summed E-state index contributed by atoms with van der Waals surface area (Å²) in [6.07, 6.45) is 10.7. The van der Waals surface area contributed by atoms with E-state index in [9.17, 15) is 13.2 Å². The Balaban J connectivity index is 1.47. The standard InChI is InChI=1S/C21H29N3O3S/c25-21(22-18-7-3-1-2-4-8-18)16-23-14-11-17-15-19(9-10-20(17)23)28(26,27)24-12-5-6-13-24/h9-11,14-15,18H,1-8,12-13,16H2,(H,22,25). The normalized spacial score (nSPS) is 19.7. The van der Waals surface area contributed by atoms with Gasteiger partial charge in [0, 0.05) is 36.2 Å². The second kappa shape index (κ2) is 8.25. The molecule has 6 nitrogen and oxygen atoms in total. The van der Waals surface area contributed by atoms with Gasteiger partial charge in [0.2, 0.25) is 15.9 Å². The van der Waals surface area contributed by atoms with Crippen LogP contribution >= 0.6 is 0 Å². The summed E-state index contributed by atoms with van der Waals surface area (Å²) < 4.78 is 29.0. The molecule has 0 bridgehead atoms. The summed E-state index contributed by atoms with van der Waals surface area (Å²) in [4.78, 5) is 12.8. The number of hydrogen-bond acceptors (Lipinski definition) is 3. The second-order valence-corrected chi connectivity index (χ2v) is 9.97. The molecule has 2 fully saturated rings. The van der Waals surface area contributed by atoms with Crippen molar-refractivity contribution in [3.05, 3.63) is 30.5 Å². The predicted molar refractivity (Wildman–Crippen MR) is 110 cm³/mol. The van der Waals surface area contributed by atoms with Crippen molar-refractivity contribution >= 4 is 26.8 Å². The van der Waals surface area contributed by atoms with Crippen molar-refractivity contribution in [3.8, 4) is 0 Å². The van der Waals surface area contributed by atoms with Crippen molar-refractivity contribution in [2.75, 3.05) is 13.1 Å². The predicted octanol–water partition coefficient (Wildman–Crippen LogP) is 3.26. The Morgan fingerprint density at radius 1 is 1.00 bits per heavy atom. The molecule has 0 spiro atoms. The average molecular weight is 404 g/mol. The summed E-state index contributed by atoms with van der Waals surface area (Å²) in [6, 6.07) is 7.38. The van der Waals surface area contributed by atoms with Gasteiger partial charge in [-0.1, -0.05) is 25.7 Å². The minimum absolute atomic E-state index is 0.0261. The summed E-state index contributed by atoms with van der Waals surface area (Å²) in [5.41, 5.74) is 0.886. The molecule has 7 heteroatoms. The first kappa shape index (κ1) is 19.5. The highest BCUT2D eigenvalue weighted by molar-refractivity contribution is 7.89. The van der Waals surface area contributed by atoms with Gasteiger partial charge in [0.05, 0.1) is 4.90 Å². The molecule has 1 saturated carbocycles. The number of nitrogens with one attached hydrogen (secondary N) is 1. The van der Waals surface area contributed by atoms with Crippen LogP contribution in [-0.4, -0.2) is 42.3 Å². The van der Waals surface area contributed by atoms with E-state index in [0.717, 1.165) is 36.6 Å². The van der Waals surface area contributed by atoms with Gasteiger partial charge in [0.25, 0.3) is 0 Å². The molecule has 1 N–H and O–H groups in total. The van der Waals surface area contributed by atoms with Crippen LogP contribution in [-0.2, 0) is 21.4 Å². The first-order chi connectivity index (χ1) is 13.5. The van der Waals surface area contributed by atoms with Gasteiger partial charge in [-0.2, -0.15) is 4.31 Å². The fourth-order valence-corrected chi connectivity index (χ4v) is 5.96. The van der Waals surface area contributed by atoms with E-state index in [0.29, 0.717) is 18.0 Å². The van der Waals surface area contributed by atoms with Gasteiger partial charge in [0.1, 0.15) is 6.54 Å². The molecule has 152 valence electrons. The van der Waals surface area contributed by atoms with Gasteiger partial charge >= 0.3 is 0 Å². The van der Waals surface area contributed by atoms with Crippen LogP contribution in [0.15, 0.2) is 35.4 Å². The van der Waals surface area contributed by atoms with Crippen LogP contribution in [0.25, 0.3) is 10.9 Å². The lowest BCUT2D eigenvalue weighted by Crippen LogP contribution is -2.36. The van der Waals surface area contributed by atoms with E-state index >= 15 is 0 Å². The molecule has 28 heavy (non-hydrogen) atoms. The lowest BCUT2D eigenvalue weighted by molar-refractivity contribution is -0.122. The molecule has 1 aliphatic heterocycles. The minimum Gasteiger partial charge on any atom is -0.352 e. The third kappa shape index (κ3) is 4.10. The lowest BCUT2D eigenvalue weighted by Gasteiger charge is -2.17. The Morgan fingerprint density at radius 2 is 1.71 bits per heavy atom. The van der Waals surface area contributed by atoms with Crippen LogP contribution < -0.4 is 5.32 Å². The first-order valence-electron chi connectivity index (χ1n) is 10.4. The number of sulfonamides is 1. The quantitative estimate of drug-likeness (QED) is 0.779. The molecule has 0 unspecified atom stereocenters. The molecule has 1 aliphatic carbocycles. The zero-order valence-corrected chi connectivity index (χ0v) is 17.1. The minimum atomic E-state index is -3.42. The van der Waals surface area contributed by atoms with E-state index in [1.165, 1.54) is 25.7 Å². The second-order valence-electron chi connectivity index (χ2n) is 8.03. The summed E-state index contributed by atoms with van der Waals surface area (Å²) >= 11 is 0. The van der Waals surface area contributed by atoms with Crippen LogP contribution in [0, 0.1) is 0 Å². The Morgan fingerprint density at radius 3 is 2.43 bits per heavy atom. The maximum absolute atomic E-state index is 12.8. The van der Waals surface area contributed by atoms with Crippen molar-refractivity contribution in [2.24, 2.45) is 0 Å². The van der Waals surface area contributed by atoms with Crippen molar-refractivity contribution in [1.29, 1.82) is 0 Å². The number of benzene rings is 1. The number of fused-ring (bicyclic) bond motifs is 1. The van der Waals surface area contributed by atoms with Crippen LogP contribution in [0.3, 0.4) is 0 Å². The summed E-state index contributed by atoms with van der Waals surface area (Å²) in [5, 5.41) is 4.02. The third-order valence-electron chi connectivity index (χ3n) is 5.98. The Labute approximate surface area is 166 Å². The van der Waals surface area contributed by atoms with Gasteiger partial charge in [0.15, 0.2) is 0 Å². The van der Waals surface area contributed by atoms with Crippen molar-refractivity contribution in [1.82, 2.24) is 14.2 Å². The van der Waals surface area contributed by atoms with E-state index in [4.69, 9.17) is 0 Å². The Hall–Kier alpha value is -1.86. The topological polar surface area (TPSA) is 71.4 Å². The van der Waals surface area contributed by atoms with Gasteiger partial charge in [-0.05, 0) is 49.9 Å². The monoisotopic (exact) mass is 403 g/mol. The number of carbonyl (C=O) groups is 1. The summed E-state index contributed by atoms with van der Waals surface area (Å²) in [7, 11) is -3.42. The largest absolute Gasteiger partial charge is 0.352 e. The van der Waals surface area contributed by atoms with Crippen LogP contribution in [0.4, 0.5) is 0 Å². The highest BCUT2D eigenvalue weighted by atomic mass is 32.2. The van der Waals surface area contributed by atoms with E-state index < -0.39 is 10.0 Å².